The van der Waals surface area contributed by atoms with Crippen molar-refractivity contribution in [2.24, 2.45) is 11.8 Å². The van der Waals surface area contributed by atoms with Crippen molar-refractivity contribution in [2.45, 2.75) is 39.8 Å². The molecule has 0 radical (unpaired) electrons. The smallest absolute Gasteiger partial charge is 0.321 e. The van der Waals surface area contributed by atoms with Crippen molar-refractivity contribution in [3.63, 3.8) is 0 Å². The van der Waals surface area contributed by atoms with Gasteiger partial charge in [0.25, 0.3) is 0 Å². The number of hydrogen-bond donors (Lipinski definition) is 0. The van der Waals surface area contributed by atoms with Crippen molar-refractivity contribution in [1.29, 1.82) is 0 Å². The van der Waals surface area contributed by atoms with Gasteiger partial charge in [0.2, 0.25) is 11.9 Å². The zero-order valence-corrected chi connectivity index (χ0v) is 22.0. The first-order valence-electron chi connectivity index (χ1n) is 13.2. The molecule has 0 bridgehead atoms. The molecule has 0 aliphatic carbocycles. The lowest BCUT2D eigenvalue weighted by Crippen LogP contribution is -2.50. The van der Waals surface area contributed by atoms with E-state index in [2.05, 4.69) is 13.8 Å². The van der Waals surface area contributed by atoms with Gasteiger partial charge in [-0.05, 0) is 54.7 Å². The largest absolute Gasteiger partial charge is 0.489 e. The van der Waals surface area contributed by atoms with Gasteiger partial charge in [-0.15, -0.1) is 0 Å². The number of amides is 1. The van der Waals surface area contributed by atoms with E-state index in [4.69, 9.17) is 14.5 Å². The average molecular weight is 512 g/mol. The molecule has 7 nitrogen and oxygen atoms in total. The van der Waals surface area contributed by atoms with Crippen LogP contribution in [0, 0.1) is 11.8 Å². The summed E-state index contributed by atoms with van der Waals surface area (Å²) in [5.74, 6) is -0.161. The molecule has 1 aromatic heterocycles. The quantitative estimate of drug-likeness (QED) is 0.210. The Morgan fingerprint density at radius 2 is 1.68 bits per heavy atom. The van der Waals surface area contributed by atoms with Crippen LogP contribution < -0.4 is 9.64 Å². The van der Waals surface area contributed by atoms with Crippen molar-refractivity contribution >= 4 is 28.9 Å². The Morgan fingerprint density at radius 3 is 2.39 bits per heavy atom. The van der Waals surface area contributed by atoms with Crippen molar-refractivity contribution in [2.75, 3.05) is 18.1 Å². The van der Waals surface area contributed by atoms with Crippen molar-refractivity contribution in [3.8, 4) is 5.75 Å². The maximum Gasteiger partial charge on any atom is 0.321 e. The Hall–Kier alpha value is -4.13. The van der Waals surface area contributed by atoms with Crippen LogP contribution in [-0.4, -0.2) is 34.6 Å². The van der Waals surface area contributed by atoms with Crippen molar-refractivity contribution < 1.29 is 19.1 Å². The van der Waals surface area contributed by atoms with Gasteiger partial charge in [-0.3, -0.25) is 14.5 Å². The molecule has 1 aliphatic rings. The van der Waals surface area contributed by atoms with Crippen LogP contribution in [0.3, 0.4) is 0 Å². The number of anilines is 1. The first-order chi connectivity index (χ1) is 18.5. The van der Waals surface area contributed by atoms with E-state index in [1.54, 1.807) is 11.8 Å². The highest BCUT2D eigenvalue weighted by Crippen LogP contribution is 2.41. The fourth-order valence-electron chi connectivity index (χ4n) is 4.95. The van der Waals surface area contributed by atoms with Crippen LogP contribution in [0.25, 0.3) is 11.0 Å². The Morgan fingerprint density at radius 1 is 0.974 bits per heavy atom. The second kappa shape index (κ2) is 11.1. The molecule has 7 heteroatoms. The van der Waals surface area contributed by atoms with Crippen LogP contribution in [-0.2, 0) is 20.9 Å². The summed E-state index contributed by atoms with van der Waals surface area (Å²) in [5.41, 5.74) is 3.54. The number of para-hydroxylation sites is 2. The lowest BCUT2D eigenvalue weighted by molar-refractivity contribution is -0.153. The molecule has 0 spiro atoms. The van der Waals surface area contributed by atoms with E-state index in [1.807, 2.05) is 83.4 Å². The summed E-state index contributed by atoms with van der Waals surface area (Å²) in [6.45, 7) is 7.12. The van der Waals surface area contributed by atoms with Gasteiger partial charge in [0.1, 0.15) is 12.4 Å². The summed E-state index contributed by atoms with van der Waals surface area (Å²) in [6, 6.07) is 24.8. The van der Waals surface area contributed by atoms with Crippen molar-refractivity contribution in [3.05, 3.63) is 90.0 Å². The first kappa shape index (κ1) is 25.5. The number of aromatic nitrogens is 2. The van der Waals surface area contributed by atoms with Gasteiger partial charge < -0.3 is 14.0 Å². The average Bonchev–Trinajstić information content (AvgIpc) is 3.31. The van der Waals surface area contributed by atoms with Gasteiger partial charge in [-0.1, -0.05) is 68.4 Å². The van der Waals surface area contributed by atoms with E-state index < -0.39 is 17.9 Å². The molecule has 196 valence electrons. The third-order valence-corrected chi connectivity index (χ3v) is 6.89. The molecule has 2 atom stereocenters. The molecule has 2 heterocycles. The molecule has 3 aromatic carbocycles. The van der Waals surface area contributed by atoms with E-state index >= 15 is 0 Å². The number of carbonyl (C=O) groups is 2. The fraction of sp³-hybridized carbons (Fsp3) is 0.323. The highest BCUT2D eigenvalue weighted by Gasteiger charge is 2.47. The van der Waals surface area contributed by atoms with Gasteiger partial charge >= 0.3 is 5.97 Å². The molecule has 0 saturated heterocycles. The molecule has 0 unspecified atom stereocenters. The molecule has 0 saturated carbocycles. The second-order valence-corrected chi connectivity index (χ2v) is 9.96. The van der Waals surface area contributed by atoms with Crippen LogP contribution in [0.5, 0.6) is 5.75 Å². The van der Waals surface area contributed by atoms with Gasteiger partial charge in [-0.25, -0.2) is 4.98 Å². The summed E-state index contributed by atoms with van der Waals surface area (Å²) >= 11 is 0. The maximum absolute atomic E-state index is 14.0. The summed E-state index contributed by atoms with van der Waals surface area (Å²) in [4.78, 5) is 33.8. The third kappa shape index (κ3) is 5.01. The molecule has 0 N–H and O–H groups in total. The zero-order valence-electron chi connectivity index (χ0n) is 22.0. The molecular weight excluding hydrogens is 478 g/mol. The Balaban J connectivity index is 1.56. The van der Waals surface area contributed by atoms with Crippen LogP contribution in [0.1, 0.15) is 44.4 Å². The minimum absolute atomic E-state index is 0.200. The summed E-state index contributed by atoms with van der Waals surface area (Å²) in [5, 5.41) is 0. The van der Waals surface area contributed by atoms with E-state index in [1.165, 1.54) is 0 Å². The molecule has 4 aromatic rings. The predicted molar refractivity (Wildman–Crippen MR) is 147 cm³/mol. The van der Waals surface area contributed by atoms with E-state index in [9.17, 15) is 9.59 Å². The number of hydrogen-bond acceptors (Lipinski definition) is 5. The van der Waals surface area contributed by atoms with E-state index in [0.717, 1.165) is 28.6 Å². The van der Waals surface area contributed by atoms with E-state index in [-0.39, 0.29) is 12.5 Å². The Kier molecular flexibility index (Phi) is 7.45. The molecule has 0 fully saturated rings. The van der Waals surface area contributed by atoms with Gasteiger partial charge in [0.05, 0.1) is 23.7 Å². The predicted octanol–water partition coefficient (Wildman–Crippen LogP) is 5.78. The molecule has 1 aliphatic heterocycles. The van der Waals surface area contributed by atoms with E-state index in [0.29, 0.717) is 30.8 Å². The summed E-state index contributed by atoms with van der Waals surface area (Å²) < 4.78 is 13.5. The van der Waals surface area contributed by atoms with Crippen LogP contribution in [0.15, 0.2) is 78.9 Å². The van der Waals surface area contributed by atoms with Crippen LogP contribution >= 0.6 is 0 Å². The number of esters is 1. The van der Waals surface area contributed by atoms with Gasteiger partial charge in [0.15, 0.2) is 5.92 Å². The third-order valence-electron chi connectivity index (χ3n) is 6.89. The first-order valence-corrected chi connectivity index (χ1v) is 13.2. The standard InChI is InChI=1S/C31H33N3O4/c1-4-37-30(36)27-28(23-14-16-24(17-15-23)38-20-22-10-6-5-7-11-22)34-26-13-9-8-12-25(26)32-31(34)33(29(27)35)19-18-21(2)3/h5-17,21,27-28H,4,18-20H2,1-3H3/t27-,28-/m1/s1. The topological polar surface area (TPSA) is 73.7 Å². The molecule has 1 amide bonds. The number of benzene rings is 3. The lowest BCUT2D eigenvalue weighted by Gasteiger charge is -2.38. The number of fused-ring (bicyclic) bond motifs is 3. The van der Waals surface area contributed by atoms with Crippen LogP contribution in [0.2, 0.25) is 0 Å². The fourth-order valence-corrected chi connectivity index (χ4v) is 4.95. The number of carbonyl (C=O) groups excluding carboxylic acids is 2. The number of ether oxygens (including phenoxy) is 2. The number of nitrogens with zero attached hydrogens (tertiary/aromatic N) is 3. The van der Waals surface area contributed by atoms with Gasteiger partial charge in [0, 0.05) is 6.54 Å². The molecule has 5 rings (SSSR count). The van der Waals surface area contributed by atoms with Gasteiger partial charge in [-0.2, -0.15) is 0 Å². The number of rotatable bonds is 9. The summed E-state index contributed by atoms with van der Waals surface area (Å²) in [7, 11) is 0. The minimum atomic E-state index is -1.02. The molecular formula is C31H33N3O4. The zero-order chi connectivity index (χ0) is 26.6. The lowest BCUT2D eigenvalue weighted by atomic mass is 9.89. The van der Waals surface area contributed by atoms with Crippen molar-refractivity contribution in [1.82, 2.24) is 9.55 Å². The normalized spacial score (nSPS) is 17.1. The Labute approximate surface area is 223 Å². The minimum Gasteiger partial charge on any atom is -0.489 e. The highest BCUT2D eigenvalue weighted by molar-refractivity contribution is 6.08. The monoisotopic (exact) mass is 511 g/mol. The summed E-state index contributed by atoms with van der Waals surface area (Å²) in [6.07, 6.45) is 0.794. The SMILES string of the molecule is CCOC(=O)[C@H]1C(=O)N(CCC(C)C)c2nc3ccccc3n2[C@@H]1c1ccc(OCc2ccccc2)cc1. The maximum atomic E-state index is 14.0. The molecule has 38 heavy (non-hydrogen) atoms. The number of imidazole rings is 1. The van der Waals surface area contributed by atoms with Crippen LogP contribution in [0.4, 0.5) is 5.95 Å². The second-order valence-electron chi connectivity index (χ2n) is 9.96. The highest BCUT2D eigenvalue weighted by atomic mass is 16.5. The Bertz CT molecular complexity index is 1410.